The Labute approximate surface area is 205 Å². The van der Waals surface area contributed by atoms with Crippen molar-refractivity contribution in [2.24, 2.45) is 0 Å². The number of aromatic hydroxyl groups is 1. The van der Waals surface area contributed by atoms with Gasteiger partial charge in [0.05, 0.1) is 6.04 Å². The number of nitrogens with one attached hydrogen (secondary N) is 1. The summed E-state index contributed by atoms with van der Waals surface area (Å²) in [4.78, 5) is 24.2. The predicted molar refractivity (Wildman–Crippen MR) is 118 cm³/mol. The van der Waals surface area contributed by atoms with Gasteiger partial charge in [0.1, 0.15) is 55.6 Å². The highest BCUT2D eigenvalue weighted by molar-refractivity contribution is 5.97. The Morgan fingerprint density at radius 2 is 1.64 bits per heavy atom. The minimum absolute atomic E-state index is 0.0921. The van der Waals surface area contributed by atoms with Crippen LogP contribution in [0.3, 0.4) is 0 Å². The molecule has 2 saturated heterocycles. The van der Waals surface area contributed by atoms with Gasteiger partial charge in [-0.1, -0.05) is 6.07 Å². The Hall–Kier alpha value is -2.62. The van der Waals surface area contributed by atoms with Crippen LogP contribution in [0, 0.1) is 0 Å². The van der Waals surface area contributed by atoms with E-state index in [0.29, 0.717) is 5.56 Å². The van der Waals surface area contributed by atoms with E-state index in [-0.39, 0.29) is 23.9 Å². The number of carbonyl (C=O) groups is 2. The number of phenolic OH excluding ortho intramolecular Hbond substituents is 1. The van der Waals surface area contributed by atoms with Crippen LogP contribution in [0.2, 0.25) is 0 Å². The van der Waals surface area contributed by atoms with Crippen molar-refractivity contribution in [3.05, 3.63) is 29.3 Å². The maximum Gasteiger partial charge on any atom is 0.247 e. The van der Waals surface area contributed by atoms with Gasteiger partial charge in [-0.2, -0.15) is 0 Å². The number of fused-ring (bicyclic) bond motifs is 1. The molecule has 1 aliphatic carbocycles. The van der Waals surface area contributed by atoms with Crippen molar-refractivity contribution < 1.29 is 59.2 Å². The lowest BCUT2D eigenvalue weighted by Gasteiger charge is -2.41. The third-order valence-electron chi connectivity index (χ3n) is 6.49. The van der Waals surface area contributed by atoms with E-state index in [4.69, 9.17) is 18.9 Å². The average Bonchev–Trinajstić information content (AvgIpc) is 3.43. The van der Waals surface area contributed by atoms with Gasteiger partial charge in [-0.05, 0) is 37.6 Å². The minimum Gasteiger partial charge on any atom is -0.504 e. The number of hydrogen-bond acceptors (Lipinski definition) is 12. The first-order chi connectivity index (χ1) is 17.0. The zero-order valence-electron chi connectivity index (χ0n) is 19.4. The molecule has 13 nitrogen and oxygen atoms in total. The summed E-state index contributed by atoms with van der Waals surface area (Å²) in [6, 6.07) is 2.90. The van der Waals surface area contributed by atoms with Crippen molar-refractivity contribution in [1.29, 1.82) is 0 Å². The van der Waals surface area contributed by atoms with Crippen LogP contribution in [0.25, 0.3) is 6.08 Å². The lowest BCUT2D eigenvalue weighted by Crippen LogP contribution is -2.67. The zero-order valence-corrected chi connectivity index (χ0v) is 19.4. The third-order valence-corrected chi connectivity index (χ3v) is 6.49. The molecule has 0 aromatic heterocycles. The highest BCUT2D eigenvalue weighted by Crippen LogP contribution is 2.33. The summed E-state index contributed by atoms with van der Waals surface area (Å²) in [6.45, 7) is 2.52. The van der Waals surface area contributed by atoms with Gasteiger partial charge >= 0.3 is 0 Å². The van der Waals surface area contributed by atoms with E-state index in [0.717, 1.165) is 0 Å². The summed E-state index contributed by atoms with van der Waals surface area (Å²) < 4.78 is 21.1. The molecule has 3 fully saturated rings. The van der Waals surface area contributed by atoms with Crippen LogP contribution in [0.15, 0.2) is 23.8 Å². The van der Waals surface area contributed by atoms with E-state index in [1.165, 1.54) is 38.1 Å². The molecule has 36 heavy (non-hydrogen) atoms. The molecule has 0 radical (unpaired) electrons. The van der Waals surface area contributed by atoms with Crippen molar-refractivity contribution in [3.8, 4) is 11.5 Å². The summed E-state index contributed by atoms with van der Waals surface area (Å²) in [5.74, 6) is -1.59. The summed E-state index contributed by atoms with van der Waals surface area (Å²) in [6.07, 6.45) is -10.2. The molecule has 0 spiro atoms. The number of phenols is 1. The molecule has 10 atom stereocenters. The van der Waals surface area contributed by atoms with Crippen LogP contribution in [-0.4, -0.2) is 110 Å². The number of rotatable bonds is 6. The predicted octanol–water partition coefficient (Wildman–Crippen LogP) is -2.47. The fourth-order valence-electron chi connectivity index (χ4n) is 4.46. The molecule has 0 bridgehead atoms. The maximum absolute atomic E-state index is 12.7. The maximum atomic E-state index is 12.7. The van der Waals surface area contributed by atoms with E-state index in [1.807, 2.05) is 0 Å². The van der Waals surface area contributed by atoms with Gasteiger partial charge in [0.2, 0.25) is 12.2 Å². The molecule has 3 aliphatic rings. The first-order valence-corrected chi connectivity index (χ1v) is 11.3. The Bertz CT molecular complexity index is 1030. The highest BCUT2D eigenvalue weighted by Gasteiger charge is 2.53. The first-order valence-electron chi connectivity index (χ1n) is 11.3. The Morgan fingerprint density at radius 3 is 2.25 bits per heavy atom. The number of Topliss-reactive ketones (excluding diaryl/α,β-unsaturated/α-hetero) is 1. The Morgan fingerprint density at radius 1 is 0.972 bits per heavy atom. The quantitative estimate of drug-likeness (QED) is 0.199. The second kappa shape index (κ2) is 10.4. The van der Waals surface area contributed by atoms with E-state index < -0.39 is 72.9 Å². The average molecular weight is 511 g/mol. The largest absolute Gasteiger partial charge is 0.504 e. The van der Waals surface area contributed by atoms with Gasteiger partial charge in [-0.15, -0.1) is 0 Å². The summed E-state index contributed by atoms with van der Waals surface area (Å²) in [7, 11) is 0. The number of amides is 1. The van der Waals surface area contributed by atoms with Crippen molar-refractivity contribution in [2.75, 3.05) is 6.79 Å². The monoisotopic (exact) mass is 511 g/mol. The van der Waals surface area contributed by atoms with Crippen molar-refractivity contribution >= 4 is 17.8 Å². The molecule has 13 heteroatoms. The van der Waals surface area contributed by atoms with Crippen molar-refractivity contribution in [2.45, 2.75) is 75.0 Å². The molecule has 2 aliphatic heterocycles. The minimum atomic E-state index is -1.51. The van der Waals surface area contributed by atoms with Crippen LogP contribution in [0.4, 0.5) is 0 Å². The second-order valence-electron chi connectivity index (χ2n) is 9.04. The molecular weight excluding hydrogens is 482 g/mol. The number of aliphatic hydroxyl groups is 5. The molecule has 198 valence electrons. The number of benzene rings is 1. The molecular formula is C23H29NO12. The van der Waals surface area contributed by atoms with Crippen molar-refractivity contribution in [3.63, 3.8) is 0 Å². The Balaban J connectivity index is 1.41. The van der Waals surface area contributed by atoms with Crippen LogP contribution in [0.1, 0.15) is 19.4 Å². The first kappa shape index (κ1) is 26.4. The number of aliphatic hydroxyl groups excluding tert-OH is 5. The molecule has 4 rings (SSSR count). The van der Waals surface area contributed by atoms with Crippen LogP contribution < -0.4 is 10.1 Å². The van der Waals surface area contributed by atoms with E-state index in [1.54, 1.807) is 0 Å². The van der Waals surface area contributed by atoms with E-state index in [9.17, 15) is 40.2 Å². The summed E-state index contributed by atoms with van der Waals surface area (Å²) in [5, 5.41) is 63.9. The number of ether oxygens (including phenoxy) is 4. The van der Waals surface area contributed by atoms with Crippen LogP contribution in [0.5, 0.6) is 11.5 Å². The normalized spacial score (nSPS) is 38.5. The lowest BCUT2D eigenvalue weighted by molar-refractivity contribution is -0.155. The van der Waals surface area contributed by atoms with Crippen LogP contribution >= 0.6 is 0 Å². The number of hydrogen-bond donors (Lipinski definition) is 7. The van der Waals surface area contributed by atoms with Crippen LogP contribution in [-0.2, 0) is 23.8 Å². The summed E-state index contributed by atoms with van der Waals surface area (Å²) >= 11 is 0. The van der Waals surface area contributed by atoms with Gasteiger partial charge < -0.3 is 54.9 Å². The zero-order chi connectivity index (χ0) is 26.3. The highest BCUT2D eigenvalue weighted by atomic mass is 16.7. The van der Waals surface area contributed by atoms with Gasteiger partial charge in [-0.25, -0.2) is 0 Å². The lowest BCUT2D eigenvalue weighted by atomic mass is 9.83. The van der Waals surface area contributed by atoms with Gasteiger partial charge in [-0.3, -0.25) is 9.59 Å². The smallest absolute Gasteiger partial charge is 0.247 e. The molecule has 2 heterocycles. The van der Waals surface area contributed by atoms with Gasteiger partial charge in [0.15, 0.2) is 17.3 Å². The number of carbonyl (C=O) groups excluding carboxylic acids is 2. The van der Waals surface area contributed by atoms with E-state index >= 15 is 0 Å². The fraction of sp³-hybridized carbons (Fsp3) is 0.565. The Kier molecular flexibility index (Phi) is 7.64. The molecule has 1 amide bonds. The molecule has 1 aromatic carbocycles. The standard InChI is InChI=1S/C23H29NO12/c1-8(22(32)24-13-14(27)16(29)21-20(15(13)28)33-7-34-21)5-10-3-4-12(11(26)6-10)35-23-18(31)17(30)19(36-23)9(2)25/h3-6,13-21,23,26-31H,7H2,1-2H3,(H,24,32)/t13-,14+,15-,16-,17+,18+,19-,20+,21-,23+/m1/s1. The topological polar surface area (TPSA) is 204 Å². The molecule has 1 aromatic rings. The van der Waals surface area contributed by atoms with Gasteiger partial charge in [0, 0.05) is 5.57 Å². The third kappa shape index (κ3) is 4.96. The van der Waals surface area contributed by atoms with E-state index in [2.05, 4.69) is 5.32 Å². The van der Waals surface area contributed by atoms with Gasteiger partial charge in [0.25, 0.3) is 0 Å². The number of ketones is 1. The second-order valence-corrected chi connectivity index (χ2v) is 9.04. The fourth-order valence-corrected chi connectivity index (χ4v) is 4.46. The summed E-state index contributed by atoms with van der Waals surface area (Å²) in [5.41, 5.74) is 0.545. The molecule has 0 unspecified atom stereocenters. The molecule has 7 N–H and O–H groups in total. The van der Waals surface area contributed by atoms with Crippen molar-refractivity contribution in [1.82, 2.24) is 5.32 Å². The SMILES string of the molecule is CC(=O)[C@H]1O[C@H](Oc2ccc(C=C(C)C(=O)N[C@@H]3[C@H](O)[C@@H](O)[C@H]4OCO[C@H]4[C@@H]3O)cc2O)[C@@H](O)[C@@H]1O. The molecule has 1 saturated carbocycles.